The summed E-state index contributed by atoms with van der Waals surface area (Å²) < 4.78 is 29.9. The minimum Gasteiger partial charge on any atom is -0.361 e. The summed E-state index contributed by atoms with van der Waals surface area (Å²) in [6, 6.07) is 15.1. The highest BCUT2D eigenvalue weighted by Gasteiger charge is 2.34. The number of amides is 2. The summed E-state index contributed by atoms with van der Waals surface area (Å²) >= 11 is 0. The fourth-order valence-corrected chi connectivity index (χ4v) is 8.49. The van der Waals surface area contributed by atoms with Crippen molar-refractivity contribution in [2.45, 2.75) is 75.1 Å². The standard InChI is InChI=1S/C33H45N7O3S/c1-24-5-2-3-18-38(24)19-4-20-40(29-14-16-35-17-15-29)44(42,43)30-12-8-26(9-13-30)31-21-27-23-39(33(41)37-32(27)36-31)28-10-6-25(22-34)7-11-28/h6-13,21,23-24,29,32,35-36H,2-5,14-20,22,34H2,1H3,(H,37,41). The van der Waals surface area contributed by atoms with Gasteiger partial charge < -0.3 is 26.6 Å². The maximum absolute atomic E-state index is 14.1. The SMILES string of the molecule is CC1CCCCN1CCCN(C1CCNCC1)S(=O)(=O)c1ccc(C2=CC3=CN(c4ccc(CN)cc4)C(=O)NC3N2)cc1. The largest absolute Gasteiger partial charge is 0.361 e. The van der Waals surface area contributed by atoms with Gasteiger partial charge in [0.1, 0.15) is 6.17 Å². The van der Waals surface area contributed by atoms with Gasteiger partial charge in [-0.1, -0.05) is 30.7 Å². The Kier molecular flexibility index (Phi) is 9.39. The number of benzene rings is 2. The van der Waals surface area contributed by atoms with E-state index in [2.05, 4.69) is 27.8 Å². The second-order valence-corrected chi connectivity index (χ2v) is 14.2. The van der Waals surface area contributed by atoms with Crippen LogP contribution in [0.3, 0.4) is 0 Å². The molecule has 4 aliphatic rings. The van der Waals surface area contributed by atoms with Gasteiger partial charge in [0.15, 0.2) is 0 Å². The number of anilines is 1. The molecule has 2 amide bonds. The molecule has 10 nitrogen and oxygen atoms in total. The number of nitrogens with one attached hydrogen (secondary N) is 3. The van der Waals surface area contributed by atoms with Crippen LogP contribution in [0.2, 0.25) is 0 Å². The molecule has 0 aliphatic carbocycles. The van der Waals surface area contributed by atoms with E-state index in [9.17, 15) is 13.2 Å². The number of carbonyl (C=O) groups excluding carboxylic acids is 1. The van der Waals surface area contributed by atoms with Crippen LogP contribution in [0.15, 0.2) is 71.3 Å². The van der Waals surface area contributed by atoms with E-state index < -0.39 is 10.0 Å². The Labute approximate surface area is 261 Å². The first-order valence-corrected chi connectivity index (χ1v) is 17.4. The topological polar surface area (TPSA) is 123 Å². The van der Waals surface area contributed by atoms with Crippen molar-refractivity contribution >= 4 is 27.4 Å². The summed E-state index contributed by atoms with van der Waals surface area (Å²) in [6.45, 7) is 6.97. The Bertz CT molecular complexity index is 1480. The molecule has 6 rings (SSSR count). The number of piperidine rings is 2. The molecule has 44 heavy (non-hydrogen) atoms. The lowest BCUT2D eigenvalue weighted by Gasteiger charge is -2.36. The van der Waals surface area contributed by atoms with Crippen LogP contribution >= 0.6 is 0 Å². The summed E-state index contributed by atoms with van der Waals surface area (Å²) in [5, 5.41) is 9.75. The molecule has 0 spiro atoms. The lowest BCUT2D eigenvalue weighted by Crippen LogP contribution is -2.51. The quantitative estimate of drug-likeness (QED) is 0.321. The highest BCUT2D eigenvalue weighted by Crippen LogP contribution is 2.30. The molecule has 4 aliphatic heterocycles. The van der Waals surface area contributed by atoms with Crippen molar-refractivity contribution in [3.05, 3.63) is 77.5 Å². The Morgan fingerprint density at radius 1 is 0.977 bits per heavy atom. The first-order chi connectivity index (χ1) is 21.3. The van der Waals surface area contributed by atoms with Gasteiger partial charge in [0.25, 0.3) is 0 Å². The highest BCUT2D eigenvalue weighted by atomic mass is 32.2. The normalized spacial score (nSPS) is 23.2. The number of nitrogens with two attached hydrogens (primary N) is 1. The number of hydrogen-bond acceptors (Lipinski definition) is 7. The van der Waals surface area contributed by atoms with Crippen molar-refractivity contribution < 1.29 is 13.2 Å². The maximum atomic E-state index is 14.1. The third-order valence-electron chi connectivity index (χ3n) is 9.41. The summed E-state index contributed by atoms with van der Waals surface area (Å²) in [7, 11) is -3.66. The molecule has 0 radical (unpaired) electrons. The summed E-state index contributed by atoms with van der Waals surface area (Å²) in [4.78, 5) is 17.3. The van der Waals surface area contributed by atoms with Crippen molar-refractivity contribution in [2.75, 3.05) is 37.6 Å². The fourth-order valence-electron chi connectivity index (χ4n) is 6.77. The number of likely N-dealkylation sites (tertiary alicyclic amines) is 1. The number of nitrogens with zero attached hydrogens (tertiary/aromatic N) is 3. The Morgan fingerprint density at radius 3 is 2.43 bits per heavy atom. The molecule has 2 saturated heterocycles. The van der Waals surface area contributed by atoms with Gasteiger partial charge in [0.05, 0.1) is 10.6 Å². The average molecular weight is 620 g/mol. The number of hydrogen-bond donors (Lipinski definition) is 4. The number of fused-ring (bicyclic) bond motifs is 1. The number of sulfonamides is 1. The van der Waals surface area contributed by atoms with Crippen molar-refractivity contribution in [1.29, 1.82) is 0 Å². The van der Waals surface area contributed by atoms with E-state index in [1.165, 1.54) is 19.3 Å². The van der Waals surface area contributed by atoms with Crippen LogP contribution in [0.4, 0.5) is 10.5 Å². The molecule has 11 heteroatoms. The van der Waals surface area contributed by atoms with E-state index in [0.29, 0.717) is 24.0 Å². The van der Waals surface area contributed by atoms with E-state index in [-0.39, 0.29) is 18.2 Å². The van der Waals surface area contributed by atoms with Crippen LogP contribution in [0.5, 0.6) is 0 Å². The average Bonchev–Trinajstić information content (AvgIpc) is 3.47. The summed E-state index contributed by atoms with van der Waals surface area (Å²) in [5.74, 6) is 0. The zero-order chi connectivity index (χ0) is 30.7. The van der Waals surface area contributed by atoms with Gasteiger partial charge in [-0.2, -0.15) is 4.31 Å². The van der Waals surface area contributed by atoms with Gasteiger partial charge in [-0.15, -0.1) is 0 Å². The minimum atomic E-state index is -3.66. The fraction of sp³-hybridized carbons (Fsp3) is 0.485. The lowest BCUT2D eigenvalue weighted by atomic mass is 10.0. The highest BCUT2D eigenvalue weighted by molar-refractivity contribution is 7.89. The molecular formula is C33H45N7O3S. The molecule has 0 saturated carbocycles. The molecule has 4 heterocycles. The van der Waals surface area contributed by atoms with Gasteiger partial charge in [-0.3, -0.25) is 4.90 Å². The third kappa shape index (κ3) is 6.57. The molecule has 236 valence electrons. The van der Waals surface area contributed by atoms with Crippen molar-refractivity contribution in [3.63, 3.8) is 0 Å². The van der Waals surface area contributed by atoms with Gasteiger partial charge in [-0.05, 0) is 107 Å². The number of carbonyl (C=O) groups is 1. The summed E-state index contributed by atoms with van der Waals surface area (Å²) in [6.07, 6.45) is 9.69. The number of rotatable bonds is 10. The van der Waals surface area contributed by atoms with Gasteiger partial charge >= 0.3 is 6.03 Å². The zero-order valence-electron chi connectivity index (χ0n) is 25.5. The van der Waals surface area contributed by atoms with Crippen LogP contribution in [-0.4, -0.2) is 74.6 Å². The molecule has 0 aromatic heterocycles. The monoisotopic (exact) mass is 619 g/mol. The van der Waals surface area contributed by atoms with Crippen LogP contribution in [0.25, 0.3) is 5.70 Å². The van der Waals surface area contributed by atoms with Crippen LogP contribution in [-0.2, 0) is 16.6 Å². The Balaban J connectivity index is 1.17. The second-order valence-electron chi connectivity index (χ2n) is 12.3. The van der Waals surface area contributed by atoms with Crippen molar-refractivity contribution in [2.24, 2.45) is 5.73 Å². The van der Waals surface area contributed by atoms with Crippen LogP contribution in [0.1, 0.15) is 56.6 Å². The molecule has 2 aromatic rings. The maximum Gasteiger partial charge on any atom is 0.327 e. The van der Waals surface area contributed by atoms with Crippen molar-refractivity contribution in [3.8, 4) is 0 Å². The minimum absolute atomic E-state index is 0.00652. The molecule has 5 N–H and O–H groups in total. The molecule has 0 bridgehead atoms. The predicted octanol–water partition coefficient (Wildman–Crippen LogP) is 3.54. The Morgan fingerprint density at radius 2 is 1.73 bits per heavy atom. The summed E-state index contributed by atoms with van der Waals surface area (Å²) in [5.41, 5.74) is 10.1. The van der Waals surface area contributed by atoms with E-state index >= 15 is 0 Å². The van der Waals surface area contributed by atoms with Crippen molar-refractivity contribution in [1.82, 2.24) is 25.2 Å². The van der Waals surface area contributed by atoms with Crippen LogP contribution in [0, 0.1) is 0 Å². The second kappa shape index (κ2) is 13.4. The van der Waals surface area contributed by atoms with Crippen LogP contribution < -0.4 is 26.6 Å². The van der Waals surface area contributed by atoms with E-state index in [1.807, 2.05) is 48.7 Å². The molecule has 2 atom stereocenters. The van der Waals surface area contributed by atoms with Gasteiger partial charge in [-0.25, -0.2) is 13.2 Å². The zero-order valence-corrected chi connectivity index (χ0v) is 26.4. The predicted molar refractivity (Wildman–Crippen MR) is 174 cm³/mol. The lowest BCUT2D eigenvalue weighted by molar-refractivity contribution is 0.151. The van der Waals surface area contributed by atoms with E-state index in [4.69, 9.17) is 5.73 Å². The first-order valence-electron chi connectivity index (χ1n) is 16.0. The Hall–Kier alpha value is -3.22. The van der Waals surface area contributed by atoms with E-state index in [1.54, 1.807) is 21.3 Å². The molecule has 2 fully saturated rings. The van der Waals surface area contributed by atoms with Gasteiger partial charge in [0, 0.05) is 42.6 Å². The molecule has 2 aromatic carbocycles. The van der Waals surface area contributed by atoms with Gasteiger partial charge in [0.2, 0.25) is 10.0 Å². The molecular weight excluding hydrogens is 574 g/mol. The van der Waals surface area contributed by atoms with E-state index in [0.717, 1.165) is 73.5 Å². The first kappa shape index (κ1) is 30.8. The smallest absolute Gasteiger partial charge is 0.327 e. The molecule has 2 unspecified atom stereocenters. The number of urea groups is 1. The third-order valence-corrected chi connectivity index (χ3v) is 11.4.